The Kier molecular flexibility index (Phi) is 3.08. The van der Waals surface area contributed by atoms with Crippen LogP contribution in [0.4, 0.5) is 5.82 Å². The maximum atomic E-state index is 11.3. The van der Waals surface area contributed by atoms with Gasteiger partial charge < -0.3 is 10.2 Å². The summed E-state index contributed by atoms with van der Waals surface area (Å²) in [5.74, 6) is 1.12. The van der Waals surface area contributed by atoms with Crippen LogP contribution in [0.3, 0.4) is 0 Å². The number of hydrogen-bond acceptors (Lipinski definition) is 3. The lowest BCUT2D eigenvalue weighted by Gasteiger charge is -2.30. The highest BCUT2D eigenvalue weighted by molar-refractivity contribution is 5.77. The molecule has 1 N–H and O–H groups in total. The van der Waals surface area contributed by atoms with Crippen LogP contribution in [0.25, 0.3) is 0 Å². The average molecular weight is 219 g/mol. The monoisotopic (exact) mass is 219 g/mol. The Morgan fingerprint density at radius 1 is 1.50 bits per heavy atom. The molecule has 2 rings (SSSR count). The summed E-state index contributed by atoms with van der Waals surface area (Å²) in [6.45, 7) is 2.78. The molecule has 1 aliphatic heterocycles. The van der Waals surface area contributed by atoms with E-state index in [0.29, 0.717) is 12.5 Å². The molecule has 1 aromatic rings. The van der Waals surface area contributed by atoms with E-state index in [0.717, 1.165) is 24.3 Å². The van der Waals surface area contributed by atoms with E-state index >= 15 is 0 Å². The van der Waals surface area contributed by atoms with Gasteiger partial charge in [-0.05, 0) is 25.0 Å². The van der Waals surface area contributed by atoms with Gasteiger partial charge in [-0.25, -0.2) is 4.98 Å². The van der Waals surface area contributed by atoms with Gasteiger partial charge >= 0.3 is 0 Å². The molecule has 4 nitrogen and oxygen atoms in total. The average Bonchev–Trinajstić information content (AvgIpc) is 2.27. The number of amides is 1. The van der Waals surface area contributed by atoms with Gasteiger partial charge in [0.2, 0.25) is 5.91 Å². The van der Waals surface area contributed by atoms with Gasteiger partial charge in [0, 0.05) is 32.3 Å². The molecule has 1 saturated heterocycles. The Morgan fingerprint density at radius 2 is 2.31 bits per heavy atom. The van der Waals surface area contributed by atoms with Crippen molar-refractivity contribution in [1.82, 2.24) is 9.88 Å². The molecule has 0 bridgehead atoms. The standard InChI is InChI=1S/C12H17N3O/c1-9-3-5-11(13-7-9)14-10-4-6-12(16)15(2)8-10/h3,5,7,10H,4,6,8H2,1-2H3,(H,13,14). The Labute approximate surface area is 95.7 Å². The molecule has 0 aromatic carbocycles. The highest BCUT2D eigenvalue weighted by Gasteiger charge is 2.22. The molecular weight excluding hydrogens is 202 g/mol. The minimum atomic E-state index is 0.231. The number of likely N-dealkylation sites (N-methyl/N-ethyl adjacent to an activating group) is 1. The Morgan fingerprint density at radius 3 is 2.94 bits per heavy atom. The first kappa shape index (κ1) is 10.9. The molecule has 0 spiro atoms. The maximum absolute atomic E-state index is 11.3. The largest absolute Gasteiger partial charge is 0.366 e. The molecule has 0 saturated carbocycles. The molecular formula is C12H17N3O. The molecule has 16 heavy (non-hydrogen) atoms. The van der Waals surface area contributed by atoms with Gasteiger partial charge in [0.1, 0.15) is 5.82 Å². The van der Waals surface area contributed by atoms with Gasteiger partial charge in [-0.1, -0.05) is 6.07 Å². The Balaban J connectivity index is 1.95. The van der Waals surface area contributed by atoms with Crippen LogP contribution in [0.1, 0.15) is 18.4 Å². The lowest BCUT2D eigenvalue weighted by molar-refractivity contribution is -0.132. The van der Waals surface area contributed by atoms with E-state index in [9.17, 15) is 4.79 Å². The topological polar surface area (TPSA) is 45.2 Å². The highest BCUT2D eigenvalue weighted by atomic mass is 16.2. The van der Waals surface area contributed by atoms with Gasteiger partial charge in [-0.3, -0.25) is 4.79 Å². The normalized spacial score (nSPS) is 21.0. The first-order valence-electron chi connectivity index (χ1n) is 5.58. The van der Waals surface area contributed by atoms with E-state index in [2.05, 4.69) is 10.3 Å². The zero-order valence-electron chi connectivity index (χ0n) is 9.73. The summed E-state index contributed by atoms with van der Waals surface area (Å²) in [6, 6.07) is 4.33. The predicted octanol–water partition coefficient (Wildman–Crippen LogP) is 1.42. The van der Waals surface area contributed by atoms with Crippen molar-refractivity contribution in [3.63, 3.8) is 0 Å². The number of carbonyl (C=O) groups is 1. The summed E-state index contributed by atoms with van der Waals surface area (Å²) in [7, 11) is 1.85. The molecule has 1 unspecified atom stereocenters. The smallest absolute Gasteiger partial charge is 0.222 e. The van der Waals surface area contributed by atoms with Crippen LogP contribution >= 0.6 is 0 Å². The number of carbonyl (C=O) groups excluding carboxylic acids is 1. The highest BCUT2D eigenvalue weighted by Crippen LogP contribution is 2.14. The number of rotatable bonds is 2. The fourth-order valence-electron chi connectivity index (χ4n) is 1.89. The van der Waals surface area contributed by atoms with E-state index in [-0.39, 0.29) is 5.91 Å². The lowest BCUT2D eigenvalue weighted by atomic mass is 10.1. The molecule has 86 valence electrons. The zero-order valence-corrected chi connectivity index (χ0v) is 9.73. The van der Waals surface area contributed by atoms with E-state index in [4.69, 9.17) is 0 Å². The third-order valence-corrected chi connectivity index (χ3v) is 2.89. The van der Waals surface area contributed by atoms with Crippen molar-refractivity contribution in [2.24, 2.45) is 0 Å². The molecule has 1 atom stereocenters. The third kappa shape index (κ3) is 2.51. The molecule has 1 fully saturated rings. The molecule has 1 amide bonds. The van der Waals surface area contributed by atoms with Crippen LogP contribution in [-0.4, -0.2) is 35.4 Å². The van der Waals surface area contributed by atoms with E-state index in [1.165, 1.54) is 0 Å². The minimum Gasteiger partial charge on any atom is -0.366 e. The Hall–Kier alpha value is -1.58. The first-order valence-corrected chi connectivity index (χ1v) is 5.58. The number of aromatic nitrogens is 1. The number of aryl methyl sites for hydroxylation is 1. The summed E-state index contributed by atoms with van der Waals surface area (Å²) in [5, 5.41) is 3.35. The second kappa shape index (κ2) is 4.51. The number of hydrogen-bond donors (Lipinski definition) is 1. The fraction of sp³-hybridized carbons (Fsp3) is 0.500. The summed E-state index contributed by atoms with van der Waals surface area (Å²) in [4.78, 5) is 17.4. The molecule has 4 heteroatoms. The van der Waals surface area contributed by atoms with Crippen LogP contribution in [-0.2, 0) is 4.79 Å². The number of nitrogens with zero attached hydrogens (tertiary/aromatic N) is 2. The van der Waals surface area contributed by atoms with Gasteiger partial charge in [-0.15, -0.1) is 0 Å². The van der Waals surface area contributed by atoms with E-state index < -0.39 is 0 Å². The molecule has 2 heterocycles. The van der Waals surface area contributed by atoms with Crippen LogP contribution < -0.4 is 5.32 Å². The summed E-state index contributed by atoms with van der Waals surface area (Å²) in [5.41, 5.74) is 1.15. The number of piperidine rings is 1. The summed E-state index contributed by atoms with van der Waals surface area (Å²) < 4.78 is 0. The SMILES string of the molecule is Cc1ccc(NC2CCC(=O)N(C)C2)nc1. The number of nitrogens with one attached hydrogen (secondary N) is 1. The van der Waals surface area contributed by atoms with Crippen LogP contribution in [0.5, 0.6) is 0 Å². The van der Waals surface area contributed by atoms with Crippen LogP contribution in [0.15, 0.2) is 18.3 Å². The zero-order chi connectivity index (χ0) is 11.5. The van der Waals surface area contributed by atoms with Crippen LogP contribution in [0, 0.1) is 6.92 Å². The summed E-state index contributed by atoms with van der Waals surface area (Å²) >= 11 is 0. The van der Waals surface area contributed by atoms with Gasteiger partial charge in [0.05, 0.1) is 0 Å². The second-order valence-corrected chi connectivity index (χ2v) is 4.37. The van der Waals surface area contributed by atoms with Crippen molar-refractivity contribution >= 4 is 11.7 Å². The van der Waals surface area contributed by atoms with Crippen molar-refractivity contribution in [3.05, 3.63) is 23.9 Å². The van der Waals surface area contributed by atoms with Gasteiger partial charge in [0.15, 0.2) is 0 Å². The van der Waals surface area contributed by atoms with E-state index in [1.54, 1.807) is 4.90 Å². The number of anilines is 1. The second-order valence-electron chi connectivity index (χ2n) is 4.37. The van der Waals surface area contributed by atoms with E-state index in [1.807, 2.05) is 32.3 Å². The first-order chi connectivity index (χ1) is 7.65. The van der Waals surface area contributed by atoms with Crippen molar-refractivity contribution in [3.8, 4) is 0 Å². The number of likely N-dealkylation sites (tertiary alicyclic amines) is 1. The molecule has 0 aliphatic carbocycles. The van der Waals surface area contributed by atoms with Crippen molar-refractivity contribution in [2.45, 2.75) is 25.8 Å². The number of pyridine rings is 1. The molecule has 0 radical (unpaired) electrons. The van der Waals surface area contributed by atoms with Gasteiger partial charge in [-0.2, -0.15) is 0 Å². The third-order valence-electron chi connectivity index (χ3n) is 2.89. The predicted molar refractivity (Wildman–Crippen MR) is 63.3 cm³/mol. The van der Waals surface area contributed by atoms with Crippen molar-refractivity contribution < 1.29 is 4.79 Å². The molecule has 1 aromatic heterocycles. The minimum absolute atomic E-state index is 0.231. The Bertz CT molecular complexity index is 374. The summed E-state index contributed by atoms with van der Waals surface area (Å²) in [6.07, 6.45) is 3.36. The van der Waals surface area contributed by atoms with Crippen molar-refractivity contribution in [1.29, 1.82) is 0 Å². The lowest BCUT2D eigenvalue weighted by Crippen LogP contribution is -2.43. The van der Waals surface area contributed by atoms with Gasteiger partial charge in [0.25, 0.3) is 0 Å². The molecule has 1 aliphatic rings. The van der Waals surface area contributed by atoms with Crippen LogP contribution in [0.2, 0.25) is 0 Å². The maximum Gasteiger partial charge on any atom is 0.222 e. The van der Waals surface area contributed by atoms with Crippen molar-refractivity contribution in [2.75, 3.05) is 18.9 Å². The quantitative estimate of drug-likeness (QED) is 0.818. The fourth-order valence-corrected chi connectivity index (χ4v) is 1.89.